The highest BCUT2D eigenvalue weighted by Crippen LogP contribution is 2.25. The Morgan fingerprint density at radius 2 is 1.45 bits per heavy atom. The Balaban J connectivity index is 2.24. The van der Waals surface area contributed by atoms with Gasteiger partial charge >= 0.3 is 0 Å². The first-order valence-electron chi connectivity index (χ1n) is 5.04. The highest BCUT2D eigenvalue weighted by atomic mass is 14.1. The van der Waals surface area contributed by atoms with E-state index in [0.717, 1.165) is 5.92 Å². The third-order valence-electron chi connectivity index (χ3n) is 2.79. The summed E-state index contributed by atoms with van der Waals surface area (Å²) in [7, 11) is 5.92. The molecule has 1 heteroatoms. The summed E-state index contributed by atoms with van der Waals surface area (Å²) in [5.41, 5.74) is 0. The van der Waals surface area contributed by atoms with Crippen molar-refractivity contribution in [2.75, 3.05) is 0 Å². The average molecular weight is 150 g/mol. The zero-order valence-corrected chi connectivity index (χ0v) is 7.68. The van der Waals surface area contributed by atoms with Gasteiger partial charge in [0.2, 0.25) is 0 Å². The van der Waals surface area contributed by atoms with Crippen molar-refractivity contribution >= 4 is 7.85 Å². The van der Waals surface area contributed by atoms with Crippen LogP contribution in [0.3, 0.4) is 0 Å². The first kappa shape index (κ1) is 9.16. The number of rotatable bonds is 0. The third kappa shape index (κ3) is 3.84. The van der Waals surface area contributed by atoms with Crippen LogP contribution in [0.2, 0.25) is 5.82 Å². The van der Waals surface area contributed by atoms with E-state index in [1.54, 1.807) is 0 Å². The smallest absolute Gasteiger partial charge is 0.0699 e. The fraction of sp³-hybridized carbons (Fsp3) is 1.00. The lowest BCUT2D eigenvalue weighted by molar-refractivity contribution is 0.465. The van der Waals surface area contributed by atoms with Crippen molar-refractivity contribution in [2.24, 2.45) is 5.92 Å². The normalized spacial score (nSPS) is 35.4. The predicted molar refractivity (Wildman–Crippen MR) is 51.0 cm³/mol. The van der Waals surface area contributed by atoms with Crippen LogP contribution in [0.15, 0.2) is 0 Å². The van der Waals surface area contributed by atoms with E-state index in [9.17, 15) is 0 Å². The van der Waals surface area contributed by atoms with Crippen molar-refractivity contribution in [3.8, 4) is 0 Å². The summed E-state index contributed by atoms with van der Waals surface area (Å²) >= 11 is 0. The van der Waals surface area contributed by atoms with Gasteiger partial charge in [-0.2, -0.15) is 0 Å². The molecule has 0 aliphatic heterocycles. The van der Waals surface area contributed by atoms with Gasteiger partial charge in [-0.1, -0.05) is 57.7 Å². The topological polar surface area (TPSA) is 0 Å². The summed E-state index contributed by atoms with van der Waals surface area (Å²) in [4.78, 5) is 0. The summed E-state index contributed by atoms with van der Waals surface area (Å²) in [6.45, 7) is 2.37. The van der Waals surface area contributed by atoms with Crippen LogP contribution in [0.4, 0.5) is 0 Å². The van der Waals surface area contributed by atoms with Gasteiger partial charge in [0.1, 0.15) is 0 Å². The van der Waals surface area contributed by atoms with Gasteiger partial charge in [-0.25, -0.2) is 0 Å². The van der Waals surface area contributed by atoms with Gasteiger partial charge in [0.25, 0.3) is 0 Å². The highest BCUT2D eigenvalue weighted by Gasteiger charge is 2.08. The average Bonchev–Trinajstić information content (AvgIpc) is 2.04. The van der Waals surface area contributed by atoms with Gasteiger partial charge in [0.05, 0.1) is 7.85 Å². The monoisotopic (exact) mass is 150 g/mol. The lowest BCUT2D eigenvalue weighted by Crippen LogP contribution is -1.93. The van der Waals surface area contributed by atoms with E-state index in [0.29, 0.717) is 5.82 Å². The fourth-order valence-corrected chi connectivity index (χ4v) is 1.92. The Kier molecular flexibility index (Phi) is 4.03. The minimum absolute atomic E-state index is 0.500. The minimum atomic E-state index is 0.500. The maximum Gasteiger partial charge on any atom is 0.0699 e. The van der Waals surface area contributed by atoms with Crippen molar-refractivity contribution in [2.45, 2.75) is 57.7 Å². The zero-order valence-electron chi connectivity index (χ0n) is 7.68. The molecule has 1 rings (SSSR count). The second kappa shape index (κ2) is 4.85. The van der Waals surface area contributed by atoms with E-state index in [1.165, 1.54) is 44.9 Å². The van der Waals surface area contributed by atoms with Crippen LogP contribution in [0.1, 0.15) is 51.9 Å². The van der Waals surface area contributed by atoms with E-state index in [1.807, 2.05) is 0 Å². The first-order chi connectivity index (χ1) is 5.29. The maximum atomic E-state index is 5.92. The van der Waals surface area contributed by atoms with Crippen molar-refractivity contribution in [1.82, 2.24) is 0 Å². The van der Waals surface area contributed by atoms with Crippen molar-refractivity contribution in [3.63, 3.8) is 0 Å². The molecule has 0 saturated heterocycles. The predicted octanol–water partition coefficient (Wildman–Crippen LogP) is 3.32. The molecular formula is C10H19B. The summed E-state index contributed by atoms with van der Waals surface area (Å²) in [5.74, 6) is 1.44. The minimum Gasteiger partial charge on any atom is -0.0774 e. The van der Waals surface area contributed by atoms with E-state index in [2.05, 4.69) is 6.92 Å². The molecule has 62 valence electrons. The molecule has 1 fully saturated rings. The summed E-state index contributed by atoms with van der Waals surface area (Å²) in [6.07, 6.45) is 9.43. The first-order valence-corrected chi connectivity index (χ1v) is 5.04. The lowest BCUT2D eigenvalue weighted by Gasteiger charge is -2.08. The molecule has 0 bridgehead atoms. The molecule has 2 atom stereocenters. The molecule has 2 unspecified atom stereocenters. The van der Waals surface area contributed by atoms with Crippen LogP contribution in [-0.4, -0.2) is 7.85 Å². The molecule has 0 spiro atoms. The van der Waals surface area contributed by atoms with Crippen LogP contribution >= 0.6 is 0 Å². The molecule has 11 heavy (non-hydrogen) atoms. The Morgan fingerprint density at radius 1 is 0.909 bits per heavy atom. The molecule has 0 amide bonds. The van der Waals surface area contributed by atoms with Gasteiger partial charge in [0, 0.05) is 0 Å². The van der Waals surface area contributed by atoms with Crippen molar-refractivity contribution in [1.29, 1.82) is 0 Å². The summed E-state index contributed by atoms with van der Waals surface area (Å²) in [5, 5.41) is 0. The Morgan fingerprint density at radius 3 is 2.27 bits per heavy atom. The van der Waals surface area contributed by atoms with Crippen molar-refractivity contribution in [3.05, 3.63) is 0 Å². The second-order valence-electron chi connectivity index (χ2n) is 4.08. The second-order valence-corrected chi connectivity index (χ2v) is 4.08. The molecule has 1 aliphatic carbocycles. The SMILES string of the molecule is [B]C1CCCCC(C)CCC1. The van der Waals surface area contributed by atoms with Gasteiger partial charge in [0.15, 0.2) is 0 Å². The molecule has 1 saturated carbocycles. The molecule has 0 aromatic rings. The van der Waals surface area contributed by atoms with Crippen LogP contribution in [0.25, 0.3) is 0 Å². The Labute approximate surface area is 72.2 Å². The Bertz CT molecular complexity index is 89.0. The van der Waals surface area contributed by atoms with Gasteiger partial charge in [-0.05, 0) is 5.92 Å². The lowest BCUT2D eigenvalue weighted by atomic mass is 9.80. The van der Waals surface area contributed by atoms with E-state index >= 15 is 0 Å². The maximum absolute atomic E-state index is 5.92. The molecule has 0 N–H and O–H groups in total. The number of hydrogen-bond acceptors (Lipinski definition) is 0. The zero-order chi connectivity index (χ0) is 8.10. The molecule has 0 aromatic carbocycles. The molecule has 1 aliphatic rings. The van der Waals surface area contributed by atoms with E-state index in [-0.39, 0.29) is 0 Å². The van der Waals surface area contributed by atoms with Crippen LogP contribution in [0.5, 0.6) is 0 Å². The van der Waals surface area contributed by atoms with Gasteiger partial charge in [-0.15, -0.1) is 0 Å². The van der Waals surface area contributed by atoms with Crippen LogP contribution in [0, 0.1) is 5.92 Å². The quantitative estimate of drug-likeness (QED) is 0.464. The molecule has 2 radical (unpaired) electrons. The molecule has 0 heterocycles. The summed E-state index contributed by atoms with van der Waals surface area (Å²) < 4.78 is 0. The van der Waals surface area contributed by atoms with Crippen LogP contribution in [-0.2, 0) is 0 Å². The largest absolute Gasteiger partial charge is 0.0774 e. The van der Waals surface area contributed by atoms with Gasteiger partial charge in [-0.3, -0.25) is 0 Å². The summed E-state index contributed by atoms with van der Waals surface area (Å²) in [6, 6.07) is 0. The Hall–Kier alpha value is 0.0649. The molecule has 0 nitrogen and oxygen atoms in total. The standard InChI is InChI=1S/C10H19B/c1-9-5-2-3-7-10(11)8-4-6-9/h9-10H,2-8H2,1H3. The van der Waals surface area contributed by atoms with Crippen molar-refractivity contribution < 1.29 is 0 Å². The molecular weight excluding hydrogens is 131 g/mol. The molecule has 0 aromatic heterocycles. The third-order valence-corrected chi connectivity index (χ3v) is 2.79. The van der Waals surface area contributed by atoms with Gasteiger partial charge < -0.3 is 0 Å². The van der Waals surface area contributed by atoms with E-state index in [4.69, 9.17) is 7.85 Å². The fourth-order valence-electron chi connectivity index (χ4n) is 1.92. The highest BCUT2D eigenvalue weighted by molar-refractivity contribution is 6.11. The number of hydrogen-bond donors (Lipinski definition) is 0. The van der Waals surface area contributed by atoms with E-state index < -0.39 is 0 Å². The van der Waals surface area contributed by atoms with Crippen LogP contribution < -0.4 is 0 Å².